The first-order valence-corrected chi connectivity index (χ1v) is 15.0. The Balaban J connectivity index is 0.000000510. The molecule has 0 atom stereocenters. The van der Waals surface area contributed by atoms with Crippen molar-refractivity contribution in [2.24, 2.45) is 5.92 Å². The molecule has 0 unspecified atom stereocenters. The summed E-state index contributed by atoms with van der Waals surface area (Å²) in [4.78, 5) is 23.7. The van der Waals surface area contributed by atoms with Crippen LogP contribution >= 0.6 is 0 Å². The van der Waals surface area contributed by atoms with Crippen molar-refractivity contribution in [3.05, 3.63) is 70.9 Å². The average molecular weight is 621 g/mol. The van der Waals surface area contributed by atoms with Crippen molar-refractivity contribution in [1.29, 1.82) is 5.26 Å². The van der Waals surface area contributed by atoms with Crippen LogP contribution in [0.25, 0.3) is 11.0 Å². The molecule has 0 aliphatic carbocycles. The van der Waals surface area contributed by atoms with Crippen LogP contribution in [0, 0.1) is 17.2 Å². The fourth-order valence-corrected chi connectivity index (χ4v) is 5.37. The molecule has 3 heterocycles. The molecule has 2 saturated heterocycles. The standard InChI is InChI=1S/C29H36N4O4.C4H4O4/c1-32(2)18-25-27(36-20-23-5-3-22(17-30)4-6-23)10-8-24-26(31-37-29(24)25)9-7-21-11-13-33(14-12-21)19-28-34-15-16-35-28;5-3(6)1-2-4(7)8/h3-6,8,10,21,28H,7,9,11-16,18-20H2,1-2H3;1-2H,(H,5,6)(H,7,8). The Labute approximate surface area is 262 Å². The van der Waals surface area contributed by atoms with E-state index in [1.165, 1.54) is 12.8 Å². The van der Waals surface area contributed by atoms with Gasteiger partial charge < -0.3 is 33.8 Å². The van der Waals surface area contributed by atoms with Gasteiger partial charge in [-0.25, -0.2) is 9.59 Å². The molecule has 5 rings (SSSR count). The predicted octanol–water partition coefficient (Wildman–Crippen LogP) is 4.07. The van der Waals surface area contributed by atoms with Gasteiger partial charge in [-0.3, -0.25) is 4.90 Å². The molecule has 12 nitrogen and oxygen atoms in total. The zero-order valence-corrected chi connectivity index (χ0v) is 25.7. The van der Waals surface area contributed by atoms with E-state index in [0.29, 0.717) is 50.0 Å². The minimum atomic E-state index is -1.26. The summed E-state index contributed by atoms with van der Waals surface area (Å²) in [5, 5.41) is 30.2. The molecule has 2 aromatic carbocycles. The highest BCUT2D eigenvalue weighted by Gasteiger charge is 2.25. The Hall–Kier alpha value is -4.28. The van der Waals surface area contributed by atoms with Crippen LogP contribution in [0.1, 0.15) is 41.6 Å². The fourth-order valence-electron chi connectivity index (χ4n) is 5.37. The van der Waals surface area contributed by atoms with Gasteiger partial charge in [0.15, 0.2) is 11.9 Å². The number of carbonyl (C=O) groups is 2. The van der Waals surface area contributed by atoms with Crippen molar-refractivity contribution in [2.45, 2.75) is 45.1 Å². The van der Waals surface area contributed by atoms with Crippen molar-refractivity contribution >= 4 is 22.9 Å². The Kier molecular flexibility index (Phi) is 12.5. The molecular weight excluding hydrogens is 580 g/mol. The highest BCUT2D eigenvalue weighted by molar-refractivity contribution is 5.89. The third-order valence-corrected chi connectivity index (χ3v) is 7.69. The van der Waals surface area contributed by atoms with E-state index < -0.39 is 11.9 Å². The Bertz CT molecular complexity index is 1460. The van der Waals surface area contributed by atoms with Crippen LogP contribution < -0.4 is 4.74 Å². The van der Waals surface area contributed by atoms with Crippen LogP contribution in [0.15, 0.2) is 53.1 Å². The minimum Gasteiger partial charge on any atom is -0.488 e. The number of likely N-dealkylation sites (tertiary alicyclic amines) is 1. The van der Waals surface area contributed by atoms with Crippen molar-refractivity contribution in [2.75, 3.05) is 46.9 Å². The van der Waals surface area contributed by atoms with Gasteiger partial charge in [-0.1, -0.05) is 17.3 Å². The van der Waals surface area contributed by atoms with Crippen LogP contribution in [-0.2, 0) is 38.6 Å². The zero-order chi connectivity index (χ0) is 32.2. The van der Waals surface area contributed by atoms with E-state index in [-0.39, 0.29) is 6.29 Å². The number of aryl methyl sites for hydroxylation is 1. The number of fused-ring (bicyclic) bond motifs is 1. The van der Waals surface area contributed by atoms with Gasteiger partial charge in [-0.15, -0.1) is 0 Å². The summed E-state index contributed by atoms with van der Waals surface area (Å²) in [6, 6.07) is 13.8. The fraction of sp³-hybridized carbons (Fsp3) is 0.455. The number of aromatic nitrogens is 1. The Morgan fingerprint density at radius 3 is 2.33 bits per heavy atom. The number of benzene rings is 2. The smallest absolute Gasteiger partial charge is 0.328 e. The summed E-state index contributed by atoms with van der Waals surface area (Å²) in [7, 11) is 4.08. The van der Waals surface area contributed by atoms with Crippen LogP contribution in [0.4, 0.5) is 0 Å². The number of carboxylic acids is 2. The van der Waals surface area contributed by atoms with E-state index in [1.54, 1.807) is 0 Å². The second-order valence-electron chi connectivity index (χ2n) is 11.3. The summed E-state index contributed by atoms with van der Waals surface area (Å²) in [5.74, 6) is -1.01. The molecule has 3 aromatic rings. The van der Waals surface area contributed by atoms with Crippen molar-refractivity contribution in [1.82, 2.24) is 15.0 Å². The first kappa shape index (κ1) is 33.6. The molecule has 0 amide bonds. The maximum Gasteiger partial charge on any atom is 0.328 e. The van der Waals surface area contributed by atoms with Crippen molar-refractivity contribution < 1.29 is 38.5 Å². The first-order chi connectivity index (χ1) is 21.7. The third kappa shape index (κ3) is 10.4. The average Bonchev–Trinajstić information content (AvgIpc) is 3.70. The highest BCUT2D eigenvalue weighted by atomic mass is 16.7. The van der Waals surface area contributed by atoms with E-state index >= 15 is 0 Å². The molecule has 1 aromatic heterocycles. The Morgan fingerprint density at radius 2 is 1.73 bits per heavy atom. The van der Waals surface area contributed by atoms with Gasteiger partial charge >= 0.3 is 11.9 Å². The number of rotatable bonds is 12. The maximum absolute atomic E-state index is 9.55. The lowest BCUT2D eigenvalue weighted by molar-refractivity contribution is -0.134. The molecule has 2 aliphatic heterocycles. The summed E-state index contributed by atoms with van der Waals surface area (Å²) < 4.78 is 23.3. The number of hydrogen-bond acceptors (Lipinski definition) is 10. The molecule has 45 heavy (non-hydrogen) atoms. The lowest BCUT2D eigenvalue weighted by Crippen LogP contribution is -2.39. The third-order valence-electron chi connectivity index (χ3n) is 7.69. The Morgan fingerprint density at radius 1 is 1.07 bits per heavy atom. The summed E-state index contributed by atoms with van der Waals surface area (Å²) in [6.07, 6.45) is 5.49. The number of aliphatic carboxylic acids is 2. The van der Waals surface area contributed by atoms with Gasteiger partial charge in [0.2, 0.25) is 0 Å². The van der Waals surface area contributed by atoms with Gasteiger partial charge in [0.1, 0.15) is 12.4 Å². The SMILES string of the molecule is CN(C)Cc1c(OCc2ccc(C#N)cc2)ccc2c(CCC3CCN(CC4OCCO4)CC3)noc12.O=C(O)C=CC(=O)O. The molecule has 0 radical (unpaired) electrons. The van der Waals surface area contributed by atoms with Crippen molar-refractivity contribution in [3.8, 4) is 11.8 Å². The van der Waals surface area contributed by atoms with E-state index in [2.05, 4.69) is 27.1 Å². The van der Waals surface area contributed by atoms with Gasteiger partial charge in [0, 0.05) is 30.6 Å². The van der Waals surface area contributed by atoms with E-state index in [0.717, 1.165) is 66.0 Å². The van der Waals surface area contributed by atoms with Crippen molar-refractivity contribution in [3.63, 3.8) is 0 Å². The van der Waals surface area contributed by atoms with E-state index in [4.69, 9.17) is 34.2 Å². The lowest BCUT2D eigenvalue weighted by Gasteiger charge is -2.32. The normalized spacial score (nSPS) is 16.1. The topological polar surface area (TPSA) is 159 Å². The lowest BCUT2D eigenvalue weighted by atomic mass is 9.91. The predicted molar refractivity (Wildman–Crippen MR) is 164 cm³/mol. The van der Waals surface area contributed by atoms with E-state index in [1.807, 2.05) is 44.4 Å². The highest BCUT2D eigenvalue weighted by Crippen LogP contribution is 2.33. The minimum absolute atomic E-state index is 0.0487. The quantitative estimate of drug-likeness (QED) is 0.280. The summed E-state index contributed by atoms with van der Waals surface area (Å²) in [5.41, 5.74) is 4.52. The van der Waals surface area contributed by atoms with Crippen LogP contribution in [0.5, 0.6) is 5.75 Å². The molecule has 0 saturated carbocycles. The molecule has 0 bridgehead atoms. The first-order valence-electron chi connectivity index (χ1n) is 15.0. The second kappa shape index (κ2) is 16.7. The van der Waals surface area contributed by atoms with Gasteiger partial charge in [-0.05, 0) is 88.6 Å². The molecular formula is C33H40N4O8. The zero-order valence-electron chi connectivity index (χ0n) is 25.7. The molecule has 0 spiro atoms. The number of hydrogen-bond donors (Lipinski definition) is 2. The number of nitriles is 1. The molecule has 2 N–H and O–H groups in total. The summed E-state index contributed by atoms with van der Waals surface area (Å²) in [6.45, 7) is 5.63. The number of piperidine rings is 1. The van der Waals surface area contributed by atoms with Crippen LogP contribution in [-0.4, -0.2) is 90.3 Å². The molecule has 2 fully saturated rings. The number of nitrogens with zero attached hydrogens (tertiary/aromatic N) is 4. The largest absolute Gasteiger partial charge is 0.488 e. The number of ether oxygens (including phenoxy) is 3. The number of carboxylic acid groups (broad SMARTS) is 2. The molecule has 12 heteroatoms. The second-order valence-corrected chi connectivity index (χ2v) is 11.3. The van der Waals surface area contributed by atoms with E-state index in [9.17, 15) is 9.59 Å². The monoisotopic (exact) mass is 620 g/mol. The van der Waals surface area contributed by atoms with Crippen LogP contribution in [0.3, 0.4) is 0 Å². The van der Waals surface area contributed by atoms with Crippen LogP contribution in [0.2, 0.25) is 0 Å². The molecule has 240 valence electrons. The van der Waals surface area contributed by atoms with Gasteiger partial charge in [-0.2, -0.15) is 5.26 Å². The maximum atomic E-state index is 9.55. The van der Waals surface area contributed by atoms with Gasteiger partial charge in [0.05, 0.1) is 36.1 Å². The molecule has 2 aliphatic rings. The van der Waals surface area contributed by atoms with Gasteiger partial charge in [0.25, 0.3) is 0 Å². The summed E-state index contributed by atoms with van der Waals surface area (Å²) >= 11 is 0.